The van der Waals surface area contributed by atoms with E-state index in [1.807, 2.05) is 19.1 Å². The monoisotopic (exact) mass is 389 g/mol. The predicted octanol–water partition coefficient (Wildman–Crippen LogP) is 4.52. The molecule has 1 aromatic heterocycles. The standard InChI is InChI=1S/C18H16ClN3O3S/c1-2-24-15-5-3-4-14(10-15)20-16(23)11-26-18-22-21-17(25-18)12-6-8-13(19)9-7-12/h3-10H,2,11H2,1H3,(H,20,23). The molecule has 0 saturated carbocycles. The van der Waals surface area contributed by atoms with Gasteiger partial charge in [0.2, 0.25) is 11.8 Å². The van der Waals surface area contributed by atoms with Crippen LogP contribution >= 0.6 is 23.4 Å². The van der Waals surface area contributed by atoms with Crippen molar-refractivity contribution in [2.45, 2.75) is 12.1 Å². The minimum atomic E-state index is -0.171. The van der Waals surface area contributed by atoms with Gasteiger partial charge in [-0.2, -0.15) is 0 Å². The van der Waals surface area contributed by atoms with Crippen LogP contribution in [0.5, 0.6) is 5.75 Å². The van der Waals surface area contributed by atoms with Gasteiger partial charge < -0.3 is 14.5 Å². The Kier molecular flexibility index (Phi) is 6.14. The first kappa shape index (κ1) is 18.3. The second-order valence-corrected chi connectivity index (χ2v) is 6.54. The number of halogens is 1. The smallest absolute Gasteiger partial charge is 0.277 e. The summed E-state index contributed by atoms with van der Waals surface area (Å²) in [5.74, 6) is 1.08. The molecule has 6 nitrogen and oxygen atoms in total. The molecule has 2 aromatic carbocycles. The number of carbonyl (C=O) groups excluding carboxylic acids is 1. The zero-order chi connectivity index (χ0) is 18.4. The van der Waals surface area contributed by atoms with Crippen LogP contribution in [0.1, 0.15) is 6.92 Å². The van der Waals surface area contributed by atoms with Gasteiger partial charge >= 0.3 is 0 Å². The first-order chi connectivity index (χ1) is 12.6. The SMILES string of the molecule is CCOc1cccc(NC(=O)CSc2nnc(-c3ccc(Cl)cc3)o2)c1. The number of nitrogens with zero attached hydrogens (tertiary/aromatic N) is 2. The number of hydrogen-bond donors (Lipinski definition) is 1. The molecule has 1 amide bonds. The number of hydrogen-bond acceptors (Lipinski definition) is 6. The molecule has 3 rings (SSSR count). The minimum absolute atomic E-state index is 0.154. The molecule has 26 heavy (non-hydrogen) atoms. The van der Waals surface area contributed by atoms with Crippen LogP contribution in [0.25, 0.3) is 11.5 Å². The third kappa shape index (κ3) is 5.00. The maximum absolute atomic E-state index is 12.1. The number of nitrogens with one attached hydrogen (secondary N) is 1. The highest BCUT2D eigenvalue weighted by Crippen LogP contribution is 2.24. The van der Waals surface area contributed by atoms with E-state index in [2.05, 4.69) is 15.5 Å². The molecule has 1 N–H and O–H groups in total. The Balaban J connectivity index is 1.55. The van der Waals surface area contributed by atoms with Crippen LogP contribution in [0, 0.1) is 0 Å². The summed E-state index contributed by atoms with van der Waals surface area (Å²) in [6, 6.07) is 14.3. The summed E-state index contributed by atoms with van der Waals surface area (Å²) in [6.07, 6.45) is 0. The van der Waals surface area contributed by atoms with Crippen LogP contribution in [-0.4, -0.2) is 28.5 Å². The van der Waals surface area contributed by atoms with Crippen molar-refractivity contribution in [1.82, 2.24) is 10.2 Å². The molecule has 0 spiro atoms. The third-order valence-electron chi connectivity index (χ3n) is 3.25. The quantitative estimate of drug-likeness (QED) is 0.598. The number of anilines is 1. The molecule has 0 unspecified atom stereocenters. The molecule has 0 saturated heterocycles. The van der Waals surface area contributed by atoms with Crippen LogP contribution in [0.4, 0.5) is 5.69 Å². The minimum Gasteiger partial charge on any atom is -0.494 e. The molecule has 0 aliphatic rings. The molecule has 8 heteroatoms. The van der Waals surface area contributed by atoms with Crippen molar-refractivity contribution in [2.24, 2.45) is 0 Å². The second kappa shape index (κ2) is 8.73. The van der Waals surface area contributed by atoms with E-state index < -0.39 is 0 Å². The Morgan fingerprint density at radius 1 is 1.23 bits per heavy atom. The average molecular weight is 390 g/mol. The topological polar surface area (TPSA) is 77.2 Å². The van der Waals surface area contributed by atoms with Gasteiger partial charge in [-0.1, -0.05) is 29.4 Å². The highest BCUT2D eigenvalue weighted by Gasteiger charge is 2.11. The van der Waals surface area contributed by atoms with Gasteiger partial charge in [0.15, 0.2) is 0 Å². The van der Waals surface area contributed by atoms with Crippen molar-refractivity contribution in [1.29, 1.82) is 0 Å². The predicted molar refractivity (Wildman–Crippen MR) is 102 cm³/mol. The Bertz CT molecular complexity index is 883. The number of carbonyl (C=O) groups is 1. The normalized spacial score (nSPS) is 10.5. The summed E-state index contributed by atoms with van der Waals surface area (Å²) in [6.45, 7) is 2.48. The van der Waals surface area contributed by atoms with Gasteiger partial charge in [-0.3, -0.25) is 4.79 Å². The fourth-order valence-corrected chi connectivity index (χ4v) is 2.82. The largest absolute Gasteiger partial charge is 0.494 e. The van der Waals surface area contributed by atoms with E-state index in [-0.39, 0.29) is 11.7 Å². The summed E-state index contributed by atoms with van der Waals surface area (Å²) >= 11 is 7.03. The molecule has 0 radical (unpaired) electrons. The number of benzene rings is 2. The lowest BCUT2D eigenvalue weighted by Crippen LogP contribution is -2.14. The van der Waals surface area contributed by atoms with Gasteiger partial charge in [0, 0.05) is 22.3 Å². The van der Waals surface area contributed by atoms with E-state index in [0.29, 0.717) is 34.2 Å². The number of rotatable bonds is 7. The molecule has 1 heterocycles. The molecule has 134 valence electrons. The first-order valence-corrected chi connectivity index (χ1v) is 9.25. The fraction of sp³-hybridized carbons (Fsp3) is 0.167. The third-order valence-corrected chi connectivity index (χ3v) is 4.32. The van der Waals surface area contributed by atoms with Crippen molar-refractivity contribution < 1.29 is 13.9 Å². The van der Waals surface area contributed by atoms with Crippen molar-refractivity contribution in [3.8, 4) is 17.2 Å². The maximum atomic E-state index is 12.1. The summed E-state index contributed by atoms with van der Waals surface area (Å²) in [7, 11) is 0. The number of amides is 1. The molecule has 3 aromatic rings. The van der Waals surface area contributed by atoms with E-state index in [1.165, 1.54) is 11.8 Å². The molecule has 0 aliphatic heterocycles. The number of ether oxygens (including phenoxy) is 1. The maximum Gasteiger partial charge on any atom is 0.277 e. The van der Waals surface area contributed by atoms with Crippen LogP contribution < -0.4 is 10.1 Å². The Morgan fingerprint density at radius 2 is 2.04 bits per heavy atom. The Morgan fingerprint density at radius 3 is 2.81 bits per heavy atom. The summed E-state index contributed by atoms with van der Waals surface area (Å²) in [4.78, 5) is 12.1. The number of aromatic nitrogens is 2. The summed E-state index contributed by atoms with van der Waals surface area (Å²) in [5, 5.41) is 11.7. The molecule has 0 fully saturated rings. The van der Waals surface area contributed by atoms with E-state index in [1.54, 1.807) is 36.4 Å². The number of thioether (sulfide) groups is 1. The van der Waals surface area contributed by atoms with E-state index in [9.17, 15) is 4.79 Å². The van der Waals surface area contributed by atoms with E-state index in [0.717, 1.165) is 5.56 Å². The fourth-order valence-electron chi connectivity index (χ4n) is 2.13. The lowest BCUT2D eigenvalue weighted by atomic mass is 10.2. The van der Waals surface area contributed by atoms with Crippen LogP contribution in [0.15, 0.2) is 58.2 Å². The highest BCUT2D eigenvalue weighted by molar-refractivity contribution is 7.99. The summed E-state index contributed by atoms with van der Waals surface area (Å²) < 4.78 is 11.0. The zero-order valence-electron chi connectivity index (χ0n) is 13.9. The van der Waals surface area contributed by atoms with E-state index in [4.69, 9.17) is 20.8 Å². The molecular formula is C18H16ClN3O3S. The highest BCUT2D eigenvalue weighted by atomic mass is 35.5. The van der Waals surface area contributed by atoms with Crippen molar-refractivity contribution in [3.63, 3.8) is 0 Å². The van der Waals surface area contributed by atoms with Gasteiger partial charge in [-0.05, 0) is 43.3 Å². The average Bonchev–Trinajstić information content (AvgIpc) is 3.10. The molecular weight excluding hydrogens is 374 g/mol. The second-order valence-electron chi connectivity index (χ2n) is 5.18. The van der Waals surface area contributed by atoms with Gasteiger partial charge in [0.05, 0.1) is 12.4 Å². The van der Waals surface area contributed by atoms with Crippen LogP contribution in [0.3, 0.4) is 0 Å². The van der Waals surface area contributed by atoms with Gasteiger partial charge in [0.1, 0.15) is 5.75 Å². The lowest BCUT2D eigenvalue weighted by Gasteiger charge is -2.07. The first-order valence-electron chi connectivity index (χ1n) is 7.89. The summed E-state index contributed by atoms with van der Waals surface area (Å²) in [5.41, 5.74) is 1.44. The molecule has 0 bridgehead atoms. The Hall–Kier alpha value is -2.51. The van der Waals surface area contributed by atoms with Crippen LogP contribution in [-0.2, 0) is 4.79 Å². The van der Waals surface area contributed by atoms with Crippen molar-refractivity contribution in [2.75, 3.05) is 17.7 Å². The Labute approximate surface area is 159 Å². The van der Waals surface area contributed by atoms with Gasteiger partial charge in [-0.15, -0.1) is 10.2 Å². The molecule has 0 aliphatic carbocycles. The zero-order valence-corrected chi connectivity index (χ0v) is 15.5. The lowest BCUT2D eigenvalue weighted by molar-refractivity contribution is -0.113. The van der Waals surface area contributed by atoms with E-state index >= 15 is 0 Å². The van der Waals surface area contributed by atoms with Crippen LogP contribution in [0.2, 0.25) is 5.02 Å². The van der Waals surface area contributed by atoms with Crippen molar-refractivity contribution >= 4 is 35.0 Å². The van der Waals surface area contributed by atoms with Crippen molar-refractivity contribution in [3.05, 3.63) is 53.6 Å². The van der Waals surface area contributed by atoms with Gasteiger partial charge in [-0.25, -0.2) is 0 Å². The van der Waals surface area contributed by atoms with Gasteiger partial charge in [0.25, 0.3) is 5.22 Å². The molecule has 0 atom stereocenters.